The van der Waals surface area contributed by atoms with Gasteiger partial charge in [0.15, 0.2) is 0 Å². The number of piperazine rings is 1. The molecular weight excluding hydrogens is 448 g/mol. The third-order valence-electron chi connectivity index (χ3n) is 5.56. The molecule has 0 N–H and O–H groups in total. The Labute approximate surface area is 191 Å². The van der Waals surface area contributed by atoms with E-state index >= 15 is 0 Å². The molecule has 0 saturated carbocycles. The lowest BCUT2D eigenvalue weighted by molar-refractivity contribution is -0.129. The second kappa shape index (κ2) is 9.58. The monoisotopic (exact) mass is 471 g/mol. The molecule has 1 heterocycles. The predicted molar refractivity (Wildman–Crippen MR) is 123 cm³/mol. The average Bonchev–Trinajstić information content (AvgIpc) is 2.84. The van der Waals surface area contributed by atoms with E-state index in [0.29, 0.717) is 31.9 Å². The Morgan fingerprint density at radius 2 is 1.36 bits per heavy atom. The van der Waals surface area contributed by atoms with Gasteiger partial charge in [0, 0.05) is 26.2 Å². The number of carbonyl (C=O) groups excluding carboxylic acids is 1. The molecule has 0 radical (unpaired) electrons. The van der Waals surface area contributed by atoms with Crippen LogP contribution in [0.3, 0.4) is 0 Å². The number of para-hydroxylation sites is 2. The molecule has 0 aromatic heterocycles. The zero-order valence-electron chi connectivity index (χ0n) is 17.8. The summed E-state index contributed by atoms with van der Waals surface area (Å²) in [5, 5.41) is 0. The van der Waals surface area contributed by atoms with Crippen molar-refractivity contribution in [3.05, 3.63) is 90.5 Å². The zero-order chi connectivity index (χ0) is 23.4. The first-order valence-electron chi connectivity index (χ1n) is 10.5. The van der Waals surface area contributed by atoms with E-state index in [1.165, 1.54) is 41.3 Å². The number of anilines is 2. The fourth-order valence-corrected chi connectivity index (χ4v) is 5.24. The highest BCUT2D eigenvalue weighted by atomic mass is 32.2. The summed E-state index contributed by atoms with van der Waals surface area (Å²) in [5.74, 6) is -1.53. The lowest BCUT2D eigenvalue weighted by Crippen LogP contribution is -2.52. The lowest BCUT2D eigenvalue weighted by atomic mass is 10.2. The molecule has 9 heteroatoms. The number of halogens is 2. The highest BCUT2D eigenvalue weighted by molar-refractivity contribution is 7.92. The molecule has 6 nitrogen and oxygen atoms in total. The van der Waals surface area contributed by atoms with Crippen LogP contribution >= 0.6 is 0 Å². The van der Waals surface area contributed by atoms with Crippen molar-refractivity contribution in [2.75, 3.05) is 41.9 Å². The van der Waals surface area contributed by atoms with E-state index < -0.39 is 28.3 Å². The van der Waals surface area contributed by atoms with E-state index in [0.717, 1.165) is 10.4 Å². The SMILES string of the molecule is O=C(CN(c1ccccc1F)S(=O)(=O)c1ccccc1)N1CCN(c2ccccc2F)CC1. The first kappa shape index (κ1) is 22.7. The van der Waals surface area contributed by atoms with Crippen molar-refractivity contribution in [1.29, 1.82) is 0 Å². The van der Waals surface area contributed by atoms with Gasteiger partial charge >= 0.3 is 0 Å². The van der Waals surface area contributed by atoms with E-state index in [2.05, 4.69) is 0 Å². The van der Waals surface area contributed by atoms with Crippen LogP contribution in [0.25, 0.3) is 0 Å². The molecule has 1 aliphatic rings. The van der Waals surface area contributed by atoms with Crippen molar-refractivity contribution in [2.45, 2.75) is 4.90 Å². The molecule has 1 fully saturated rings. The van der Waals surface area contributed by atoms with E-state index in [1.54, 1.807) is 36.4 Å². The van der Waals surface area contributed by atoms with Crippen molar-refractivity contribution >= 4 is 27.3 Å². The number of benzene rings is 3. The van der Waals surface area contributed by atoms with Gasteiger partial charge in [0.1, 0.15) is 18.2 Å². The number of hydrogen-bond donors (Lipinski definition) is 0. The predicted octanol–water partition coefficient (Wildman–Crippen LogP) is 3.51. The van der Waals surface area contributed by atoms with E-state index in [9.17, 15) is 22.0 Å². The highest BCUT2D eigenvalue weighted by Crippen LogP contribution is 2.27. The molecule has 0 spiro atoms. The van der Waals surface area contributed by atoms with Gasteiger partial charge in [-0.2, -0.15) is 0 Å². The van der Waals surface area contributed by atoms with Gasteiger partial charge in [-0.05, 0) is 36.4 Å². The van der Waals surface area contributed by atoms with Gasteiger partial charge in [-0.1, -0.05) is 42.5 Å². The number of sulfonamides is 1. The normalized spacial score (nSPS) is 14.2. The van der Waals surface area contributed by atoms with Crippen LogP contribution in [0, 0.1) is 11.6 Å². The minimum atomic E-state index is -4.18. The minimum absolute atomic E-state index is 0.0366. The van der Waals surface area contributed by atoms with Crippen molar-refractivity contribution in [1.82, 2.24) is 4.90 Å². The molecule has 4 rings (SSSR count). The van der Waals surface area contributed by atoms with Crippen LogP contribution in [0.4, 0.5) is 20.2 Å². The first-order chi connectivity index (χ1) is 15.9. The molecule has 1 saturated heterocycles. The van der Waals surface area contributed by atoms with Gasteiger partial charge in [0.05, 0.1) is 16.3 Å². The van der Waals surface area contributed by atoms with Crippen LogP contribution in [0.5, 0.6) is 0 Å². The van der Waals surface area contributed by atoms with Gasteiger partial charge in [0.2, 0.25) is 5.91 Å². The molecule has 0 atom stereocenters. The van der Waals surface area contributed by atoms with Crippen LogP contribution in [-0.4, -0.2) is 51.9 Å². The molecule has 3 aromatic carbocycles. The minimum Gasteiger partial charge on any atom is -0.366 e. The maximum atomic E-state index is 14.6. The highest BCUT2D eigenvalue weighted by Gasteiger charge is 2.31. The fourth-order valence-electron chi connectivity index (χ4n) is 3.80. The molecule has 0 bridgehead atoms. The molecule has 172 valence electrons. The number of amides is 1. The van der Waals surface area contributed by atoms with E-state index in [4.69, 9.17) is 0 Å². The van der Waals surface area contributed by atoms with Crippen LogP contribution in [0.1, 0.15) is 0 Å². The Morgan fingerprint density at radius 3 is 2.00 bits per heavy atom. The molecule has 1 amide bonds. The molecule has 33 heavy (non-hydrogen) atoms. The second-order valence-corrected chi connectivity index (χ2v) is 9.46. The third kappa shape index (κ3) is 4.83. The van der Waals surface area contributed by atoms with Gasteiger partial charge in [-0.25, -0.2) is 17.2 Å². The number of carbonyl (C=O) groups is 1. The number of rotatable bonds is 6. The first-order valence-corrected chi connectivity index (χ1v) is 11.9. The van der Waals surface area contributed by atoms with E-state index in [-0.39, 0.29) is 16.4 Å². The van der Waals surface area contributed by atoms with Crippen LogP contribution in [0.15, 0.2) is 83.8 Å². The third-order valence-corrected chi connectivity index (χ3v) is 7.33. The Bertz CT molecular complexity index is 1230. The maximum absolute atomic E-state index is 14.6. The quantitative estimate of drug-likeness (QED) is 0.552. The van der Waals surface area contributed by atoms with Crippen molar-refractivity contribution in [3.63, 3.8) is 0 Å². The molecule has 3 aromatic rings. The summed E-state index contributed by atoms with van der Waals surface area (Å²) in [4.78, 5) is 16.4. The van der Waals surface area contributed by atoms with Gasteiger partial charge in [0.25, 0.3) is 10.0 Å². The Kier molecular flexibility index (Phi) is 6.60. The maximum Gasteiger partial charge on any atom is 0.264 e. The van der Waals surface area contributed by atoms with Crippen molar-refractivity contribution in [2.24, 2.45) is 0 Å². The average molecular weight is 472 g/mol. The van der Waals surface area contributed by atoms with Crippen LogP contribution in [-0.2, 0) is 14.8 Å². The molecule has 1 aliphatic heterocycles. The van der Waals surface area contributed by atoms with Gasteiger partial charge in [-0.15, -0.1) is 0 Å². The Hall–Kier alpha value is -3.46. The summed E-state index contributed by atoms with van der Waals surface area (Å²) in [7, 11) is -4.18. The summed E-state index contributed by atoms with van der Waals surface area (Å²) >= 11 is 0. The molecule has 0 aliphatic carbocycles. The standard InChI is InChI=1S/C24H23F2N3O3S/c25-20-10-4-6-12-22(20)27-14-16-28(17-15-27)24(30)18-29(23-13-7-5-11-21(23)26)33(31,32)19-8-2-1-3-9-19/h1-13H,14-18H2. The summed E-state index contributed by atoms with van der Waals surface area (Å²) in [6, 6.07) is 19.5. The lowest BCUT2D eigenvalue weighted by Gasteiger charge is -2.37. The second-order valence-electron chi connectivity index (χ2n) is 7.60. The number of hydrogen-bond acceptors (Lipinski definition) is 4. The summed E-state index contributed by atoms with van der Waals surface area (Å²) in [6.45, 7) is 0.848. The number of nitrogens with zero attached hydrogens (tertiary/aromatic N) is 3. The summed E-state index contributed by atoms with van der Waals surface area (Å²) in [6.07, 6.45) is 0. The Balaban J connectivity index is 1.54. The fraction of sp³-hybridized carbons (Fsp3) is 0.208. The Morgan fingerprint density at radius 1 is 0.788 bits per heavy atom. The van der Waals surface area contributed by atoms with Crippen LogP contribution < -0.4 is 9.21 Å². The smallest absolute Gasteiger partial charge is 0.264 e. The molecule has 0 unspecified atom stereocenters. The van der Waals surface area contributed by atoms with Crippen molar-refractivity contribution in [3.8, 4) is 0 Å². The topological polar surface area (TPSA) is 60.9 Å². The van der Waals surface area contributed by atoms with Crippen LogP contribution in [0.2, 0.25) is 0 Å². The summed E-state index contributed by atoms with van der Waals surface area (Å²) in [5.41, 5.74) is 0.268. The van der Waals surface area contributed by atoms with E-state index in [1.807, 2.05) is 4.90 Å². The van der Waals surface area contributed by atoms with Gasteiger partial charge in [-0.3, -0.25) is 9.10 Å². The van der Waals surface area contributed by atoms with Gasteiger partial charge < -0.3 is 9.80 Å². The summed E-state index contributed by atoms with van der Waals surface area (Å²) < 4.78 is 56.1. The van der Waals surface area contributed by atoms with Crippen molar-refractivity contribution < 1.29 is 22.0 Å². The molecular formula is C24H23F2N3O3S. The zero-order valence-corrected chi connectivity index (χ0v) is 18.6. The largest absolute Gasteiger partial charge is 0.366 e.